The van der Waals surface area contributed by atoms with Crippen LogP contribution in [0.25, 0.3) is 0 Å². The van der Waals surface area contributed by atoms with Gasteiger partial charge in [-0.25, -0.2) is 9.59 Å². The first-order valence-corrected chi connectivity index (χ1v) is 12.6. The molecular formula is C26H38N2O7. The first-order valence-electron chi connectivity index (χ1n) is 12.6. The highest BCUT2D eigenvalue weighted by Gasteiger charge is 2.48. The number of rotatable bonds is 7. The number of nitrogens with zero attached hydrogens (tertiary/aromatic N) is 2. The molecule has 9 nitrogen and oxygen atoms in total. The van der Waals surface area contributed by atoms with Crippen LogP contribution in [0.1, 0.15) is 58.8 Å². The molecule has 0 unspecified atom stereocenters. The third kappa shape index (κ3) is 5.47. The van der Waals surface area contributed by atoms with Gasteiger partial charge in [0.25, 0.3) is 0 Å². The molecule has 0 saturated carbocycles. The highest BCUT2D eigenvalue weighted by molar-refractivity contribution is 5.93. The van der Waals surface area contributed by atoms with Gasteiger partial charge in [0.05, 0.1) is 18.6 Å². The lowest BCUT2D eigenvalue weighted by molar-refractivity contribution is -0.156. The van der Waals surface area contributed by atoms with Crippen LogP contribution >= 0.6 is 0 Å². The summed E-state index contributed by atoms with van der Waals surface area (Å²) in [6, 6.07) is 0.338. The molecular weight excluding hydrogens is 452 g/mol. The Morgan fingerprint density at radius 2 is 1.46 bits per heavy atom. The molecule has 0 aliphatic carbocycles. The summed E-state index contributed by atoms with van der Waals surface area (Å²) in [5.74, 6) is -1.40. The largest absolute Gasteiger partial charge is 0.462 e. The summed E-state index contributed by atoms with van der Waals surface area (Å²) in [4.78, 5) is 41.8. The molecule has 4 fully saturated rings. The van der Waals surface area contributed by atoms with Crippen molar-refractivity contribution in [2.75, 3.05) is 14.1 Å². The monoisotopic (exact) mass is 490 g/mol. The average molecular weight is 491 g/mol. The van der Waals surface area contributed by atoms with E-state index < -0.39 is 11.9 Å². The molecule has 8 atom stereocenters. The van der Waals surface area contributed by atoms with Crippen molar-refractivity contribution in [1.82, 2.24) is 9.80 Å². The summed E-state index contributed by atoms with van der Waals surface area (Å²) < 4.78 is 17.1. The predicted molar refractivity (Wildman–Crippen MR) is 127 cm³/mol. The molecule has 4 aliphatic heterocycles. The maximum absolute atomic E-state index is 12.6. The topological polar surface area (TPSA) is 106 Å². The van der Waals surface area contributed by atoms with Crippen LogP contribution in [0.4, 0.5) is 0 Å². The van der Waals surface area contributed by atoms with Crippen molar-refractivity contribution in [3.63, 3.8) is 0 Å². The Balaban J connectivity index is 1.25. The van der Waals surface area contributed by atoms with Gasteiger partial charge >= 0.3 is 17.9 Å². The SMILES string of the molecule is C=C(CC(=O)O[C@@H]1C[C@@H]2C[C@@H](OC(=O)/C(C)=C\C)[C@H](C1)N2C)C(=O)O[C@H]1C[C@@H]2C[C@@H](O)C[C@H]1N2C. The van der Waals surface area contributed by atoms with Crippen LogP contribution in [-0.4, -0.2) is 95.5 Å². The standard InChI is InChI=1S/C26H38N2O7/c1-6-14(2)25(31)34-23-11-17-9-19(13-21(23)28(17)5)33-24(30)7-15(3)26(32)35-22-10-16-8-18(29)12-20(22)27(16)4/h6,16-23,29H,3,7-13H2,1-2,4-5H3/b14-6-/t16-,17+,18+,19+,20+,21-,22-,23+/m0/s1. The van der Waals surface area contributed by atoms with Crippen molar-refractivity contribution in [3.05, 3.63) is 23.8 Å². The molecule has 4 bridgehead atoms. The maximum Gasteiger partial charge on any atom is 0.334 e. The number of ether oxygens (including phenoxy) is 3. The van der Waals surface area contributed by atoms with E-state index in [0.717, 1.165) is 0 Å². The lowest BCUT2D eigenvalue weighted by Crippen LogP contribution is -2.46. The fourth-order valence-electron chi connectivity index (χ4n) is 6.16. The molecule has 4 rings (SSSR count). The van der Waals surface area contributed by atoms with Gasteiger partial charge in [0, 0.05) is 55.0 Å². The number of hydrogen-bond donors (Lipinski definition) is 1. The number of aliphatic hydroxyl groups is 1. The molecule has 0 spiro atoms. The minimum atomic E-state index is -0.586. The third-order valence-corrected chi connectivity index (χ3v) is 8.38. The van der Waals surface area contributed by atoms with Gasteiger partial charge in [-0.05, 0) is 40.8 Å². The van der Waals surface area contributed by atoms with Crippen molar-refractivity contribution in [2.24, 2.45) is 0 Å². The summed E-state index contributed by atoms with van der Waals surface area (Å²) in [7, 11) is 4.00. The molecule has 9 heteroatoms. The molecule has 35 heavy (non-hydrogen) atoms. The van der Waals surface area contributed by atoms with E-state index in [4.69, 9.17) is 14.2 Å². The molecule has 1 N–H and O–H groups in total. The molecule has 0 aromatic heterocycles. The highest BCUT2D eigenvalue weighted by atomic mass is 16.6. The summed E-state index contributed by atoms with van der Waals surface area (Å²) >= 11 is 0. The van der Waals surface area contributed by atoms with Gasteiger partial charge in [0.1, 0.15) is 18.3 Å². The van der Waals surface area contributed by atoms with Crippen molar-refractivity contribution < 1.29 is 33.7 Å². The van der Waals surface area contributed by atoms with Gasteiger partial charge in [0.15, 0.2) is 0 Å². The molecule has 194 valence electrons. The van der Waals surface area contributed by atoms with E-state index in [1.165, 1.54) is 0 Å². The number of esters is 3. The first kappa shape index (κ1) is 25.9. The first-order chi connectivity index (χ1) is 16.6. The van der Waals surface area contributed by atoms with E-state index >= 15 is 0 Å². The number of allylic oxidation sites excluding steroid dienone is 1. The Morgan fingerprint density at radius 3 is 2.09 bits per heavy atom. The van der Waals surface area contributed by atoms with Gasteiger partial charge in [-0.2, -0.15) is 0 Å². The fraction of sp³-hybridized carbons (Fsp3) is 0.731. The normalized spacial score (nSPS) is 37.1. The molecule has 4 aliphatic rings. The Hall–Kier alpha value is -2.23. The highest BCUT2D eigenvalue weighted by Crippen LogP contribution is 2.38. The van der Waals surface area contributed by atoms with Crippen molar-refractivity contribution in [1.29, 1.82) is 0 Å². The second kappa shape index (κ2) is 10.4. The number of hydrogen-bond acceptors (Lipinski definition) is 9. The van der Waals surface area contributed by atoms with E-state index in [1.54, 1.807) is 19.9 Å². The lowest BCUT2D eigenvalue weighted by Gasteiger charge is -2.36. The zero-order chi connectivity index (χ0) is 25.4. The second-order valence-electron chi connectivity index (χ2n) is 10.6. The van der Waals surface area contributed by atoms with Crippen molar-refractivity contribution in [3.8, 4) is 0 Å². The lowest BCUT2D eigenvalue weighted by atomic mass is 10.00. The van der Waals surface area contributed by atoms with Crippen molar-refractivity contribution in [2.45, 2.75) is 107 Å². The average Bonchev–Trinajstić information content (AvgIpc) is 3.07. The van der Waals surface area contributed by atoms with Crippen LogP contribution in [0.2, 0.25) is 0 Å². The van der Waals surface area contributed by atoms with Crippen LogP contribution in [0.15, 0.2) is 23.8 Å². The minimum absolute atomic E-state index is 0.0117. The summed E-state index contributed by atoms with van der Waals surface area (Å²) in [6.45, 7) is 7.30. The number of likely N-dealkylation sites (N-methyl/N-ethyl adjacent to an activating group) is 2. The zero-order valence-electron chi connectivity index (χ0n) is 21.1. The van der Waals surface area contributed by atoms with Gasteiger partial charge in [0.2, 0.25) is 0 Å². The van der Waals surface area contributed by atoms with Gasteiger partial charge in [-0.3, -0.25) is 14.6 Å². The maximum atomic E-state index is 12.6. The van der Waals surface area contributed by atoms with Crippen LogP contribution < -0.4 is 0 Å². The Morgan fingerprint density at radius 1 is 0.886 bits per heavy atom. The van der Waals surface area contributed by atoms with E-state index in [0.29, 0.717) is 44.1 Å². The molecule has 4 saturated heterocycles. The van der Waals surface area contributed by atoms with E-state index in [1.807, 2.05) is 14.1 Å². The third-order valence-electron chi connectivity index (χ3n) is 8.38. The molecule has 4 heterocycles. The number of fused-ring (bicyclic) bond motifs is 4. The minimum Gasteiger partial charge on any atom is -0.462 e. The predicted octanol–water partition coefficient (Wildman–Crippen LogP) is 1.73. The smallest absolute Gasteiger partial charge is 0.334 e. The zero-order valence-corrected chi connectivity index (χ0v) is 21.1. The fourth-order valence-corrected chi connectivity index (χ4v) is 6.16. The Labute approximate surface area is 207 Å². The number of carbonyl (C=O) groups is 3. The van der Waals surface area contributed by atoms with Crippen LogP contribution in [0, 0.1) is 0 Å². The molecule has 0 aromatic carbocycles. The molecule has 0 aromatic rings. The summed E-state index contributed by atoms with van der Waals surface area (Å²) in [5, 5.41) is 10.0. The van der Waals surface area contributed by atoms with Gasteiger partial charge < -0.3 is 19.3 Å². The number of piperidine rings is 2. The summed E-state index contributed by atoms with van der Waals surface area (Å²) in [6.07, 6.45) is 4.17. The molecule has 0 radical (unpaired) electrons. The van der Waals surface area contributed by atoms with Crippen LogP contribution in [0.3, 0.4) is 0 Å². The van der Waals surface area contributed by atoms with Crippen LogP contribution in [0.5, 0.6) is 0 Å². The van der Waals surface area contributed by atoms with E-state index in [2.05, 4.69) is 16.4 Å². The Kier molecular flexibility index (Phi) is 7.68. The van der Waals surface area contributed by atoms with Gasteiger partial charge in [-0.1, -0.05) is 12.7 Å². The van der Waals surface area contributed by atoms with Crippen LogP contribution in [-0.2, 0) is 28.6 Å². The van der Waals surface area contributed by atoms with E-state index in [-0.39, 0.29) is 66.5 Å². The number of aliphatic hydroxyl groups excluding tert-OH is 1. The second-order valence-corrected chi connectivity index (χ2v) is 10.6. The summed E-state index contributed by atoms with van der Waals surface area (Å²) in [5.41, 5.74) is 0.649. The quantitative estimate of drug-likeness (QED) is 0.324. The van der Waals surface area contributed by atoms with Gasteiger partial charge in [-0.15, -0.1) is 0 Å². The van der Waals surface area contributed by atoms with E-state index in [9.17, 15) is 19.5 Å². The van der Waals surface area contributed by atoms with Crippen molar-refractivity contribution >= 4 is 17.9 Å². The Bertz CT molecular complexity index is 902. The molecule has 0 amide bonds. The number of carbonyl (C=O) groups excluding carboxylic acids is 3.